The second-order valence-corrected chi connectivity index (χ2v) is 7.61. The summed E-state index contributed by atoms with van der Waals surface area (Å²) in [5.74, 6) is -0.783. The van der Waals surface area contributed by atoms with Gasteiger partial charge in [0.2, 0.25) is 9.84 Å². The van der Waals surface area contributed by atoms with Gasteiger partial charge in [-0.1, -0.05) is 18.2 Å². The minimum absolute atomic E-state index is 0.0436. The van der Waals surface area contributed by atoms with Crippen molar-refractivity contribution in [2.75, 3.05) is 12.3 Å². The van der Waals surface area contributed by atoms with Gasteiger partial charge in [0.25, 0.3) is 5.91 Å². The number of carbonyl (C=O) groups is 1. The maximum atomic E-state index is 12.8. The topological polar surface area (TPSA) is 111 Å². The molecule has 1 aromatic carbocycles. The van der Waals surface area contributed by atoms with Crippen LogP contribution in [0.4, 0.5) is 5.69 Å². The van der Waals surface area contributed by atoms with E-state index in [1.54, 1.807) is 26.5 Å². The molecule has 0 fully saturated rings. The number of nitrogen functional groups attached to an aromatic ring is 1. The molecule has 25 heavy (non-hydrogen) atoms. The van der Waals surface area contributed by atoms with Crippen LogP contribution in [-0.4, -0.2) is 33.3 Å². The van der Waals surface area contributed by atoms with Crippen molar-refractivity contribution in [3.63, 3.8) is 0 Å². The van der Waals surface area contributed by atoms with Gasteiger partial charge in [-0.25, -0.2) is 13.4 Å². The molecule has 7 nitrogen and oxygen atoms in total. The third-order valence-corrected chi connectivity index (χ3v) is 5.39. The molecular weight excluding hydrogens is 341 g/mol. The molecule has 0 saturated carbocycles. The molecule has 129 valence electrons. The van der Waals surface area contributed by atoms with E-state index in [1.807, 2.05) is 6.07 Å². The van der Waals surface area contributed by atoms with E-state index >= 15 is 0 Å². The Balaban J connectivity index is 1.96. The smallest absolute Gasteiger partial charge is 0.330 e. The molecule has 9 heteroatoms. The van der Waals surface area contributed by atoms with Gasteiger partial charge in [-0.3, -0.25) is 4.79 Å². The molecule has 1 aliphatic heterocycles. The third-order valence-electron chi connectivity index (χ3n) is 3.76. The predicted octanol–water partition coefficient (Wildman–Crippen LogP) is 0.162. The lowest BCUT2D eigenvalue weighted by atomic mass is 9.86. The van der Waals surface area contributed by atoms with Gasteiger partial charge in [0.1, 0.15) is 0 Å². The average molecular weight is 358 g/mol. The van der Waals surface area contributed by atoms with Crippen molar-refractivity contribution in [3.05, 3.63) is 47.2 Å². The van der Waals surface area contributed by atoms with E-state index in [0.29, 0.717) is 18.7 Å². The van der Waals surface area contributed by atoms with Gasteiger partial charge in [-0.2, -0.15) is 0 Å². The molecular formula is C16H17BN3O4S. The lowest BCUT2D eigenvalue weighted by Gasteiger charge is -2.11. The van der Waals surface area contributed by atoms with Crippen LogP contribution in [0.5, 0.6) is 0 Å². The summed E-state index contributed by atoms with van der Waals surface area (Å²) >= 11 is 0. The molecule has 2 heterocycles. The molecule has 0 aliphatic carbocycles. The number of hydrogen-bond donors (Lipinski definition) is 2. The molecule has 0 bridgehead atoms. The molecule has 2 aromatic rings. The molecule has 1 amide bonds. The van der Waals surface area contributed by atoms with E-state index in [4.69, 9.17) is 10.4 Å². The molecule has 0 saturated heterocycles. The Hall–Kier alpha value is -2.39. The predicted molar refractivity (Wildman–Crippen MR) is 94.2 cm³/mol. The van der Waals surface area contributed by atoms with Gasteiger partial charge in [0, 0.05) is 6.54 Å². The number of rotatable bonds is 5. The highest BCUT2D eigenvalue weighted by Crippen LogP contribution is 2.21. The first kappa shape index (κ1) is 17.4. The number of amides is 1. The summed E-state index contributed by atoms with van der Waals surface area (Å²) in [6.07, 6.45) is 1.24. The number of benzene rings is 1. The first-order chi connectivity index (χ1) is 11.9. The van der Waals surface area contributed by atoms with E-state index in [9.17, 15) is 13.2 Å². The van der Waals surface area contributed by atoms with Crippen molar-refractivity contribution in [1.82, 2.24) is 10.3 Å². The number of fused-ring (bicyclic) bond motifs is 1. The third kappa shape index (κ3) is 3.67. The van der Waals surface area contributed by atoms with E-state index < -0.39 is 15.7 Å². The zero-order valence-electron chi connectivity index (χ0n) is 13.7. The van der Waals surface area contributed by atoms with Crippen LogP contribution in [0.1, 0.15) is 28.4 Å². The minimum atomic E-state index is -3.82. The molecule has 0 spiro atoms. The van der Waals surface area contributed by atoms with Gasteiger partial charge < -0.3 is 15.7 Å². The molecule has 0 unspecified atom stereocenters. The highest BCUT2D eigenvalue weighted by atomic mass is 32.2. The Labute approximate surface area is 146 Å². The molecule has 0 atom stereocenters. The zero-order chi connectivity index (χ0) is 18.0. The summed E-state index contributed by atoms with van der Waals surface area (Å²) in [6, 6.07) is 6.67. The molecule has 1 aromatic heterocycles. The van der Waals surface area contributed by atoms with Crippen molar-refractivity contribution in [2.45, 2.75) is 24.3 Å². The number of hydrogen-bond acceptors (Lipinski definition) is 6. The van der Waals surface area contributed by atoms with E-state index in [1.165, 1.54) is 12.3 Å². The number of aromatic nitrogens is 1. The summed E-state index contributed by atoms with van der Waals surface area (Å²) in [5.41, 5.74) is 8.32. The Morgan fingerprint density at radius 3 is 2.96 bits per heavy atom. The second kappa shape index (κ2) is 6.85. The average Bonchev–Trinajstić information content (AvgIpc) is 3.02. The van der Waals surface area contributed by atoms with Gasteiger partial charge >= 0.3 is 7.48 Å². The molecule has 1 radical (unpaired) electrons. The van der Waals surface area contributed by atoms with Crippen LogP contribution in [-0.2, 0) is 26.9 Å². The molecule has 1 aliphatic rings. The fourth-order valence-corrected chi connectivity index (χ4v) is 4.07. The van der Waals surface area contributed by atoms with Crippen molar-refractivity contribution in [1.29, 1.82) is 0 Å². The van der Waals surface area contributed by atoms with Gasteiger partial charge in [0.05, 0.1) is 29.8 Å². The highest BCUT2D eigenvalue weighted by Gasteiger charge is 2.25. The molecule has 3 rings (SSSR count). The summed E-state index contributed by atoms with van der Waals surface area (Å²) in [5, 5.41) is 2.31. The number of pyridine rings is 1. The summed E-state index contributed by atoms with van der Waals surface area (Å²) in [6.45, 7) is 2.60. The van der Waals surface area contributed by atoms with E-state index in [-0.39, 0.29) is 22.0 Å². The highest BCUT2D eigenvalue weighted by molar-refractivity contribution is 7.90. The minimum Gasteiger partial charge on any atom is -0.430 e. The number of nitrogens with zero attached hydrogens (tertiary/aromatic N) is 1. The number of sulfone groups is 1. The van der Waals surface area contributed by atoms with Crippen LogP contribution in [0.2, 0.25) is 0 Å². The standard InChI is InChI=1S/C16H17BN3O4S/c1-2-19-15(21)13-6-12(18)7-20-16(13)25(22,23)9-10-3-4-11-8-24-17-14(11)5-10/h3-7H,2,8-9,18H2,1H3,(H,19,21). The quantitative estimate of drug-likeness (QED) is 0.737. The van der Waals surface area contributed by atoms with Crippen LogP contribution in [0.25, 0.3) is 0 Å². The van der Waals surface area contributed by atoms with Crippen molar-refractivity contribution in [2.24, 2.45) is 0 Å². The van der Waals surface area contributed by atoms with E-state index in [2.05, 4.69) is 10.3 Å². The number of carbonyl (C=O) groups excluding carboxylic acids is 1. The van der Waals surface area contributed by atoms with Crippen LogP contribution >= 0.6 is 0 Å². The maximum Gasteiger partial charge on any atom is 0.330 e. The number of anilines is 1. The fourth-order valence-electron chi connectivity index (χ4n) is 2.62. The second-order valence-electron chi connectivity index (χ2n) is 5.70. The first-order valence-electron chi connectivity index (χ1n) is 7.74. The van der Waals surface area contributed by atoms with E-state index in [0.717, 1.165) is 11.0 Å². The Kier molecular flexibility index (Phi) is 4.78. The Morgan fingerprint density at radius 1 is 1.40 bits per heavy atom. The van der Waals surface area contributed by atoms with Crippen LogP contribution in [0, 0.1) is 0 Å². The van der Waals surface area contributed by atoms with Crippen LogP contribution in [0.3, 0.4) is 0 Å². The summed E-state index contributed by atoms with van der Waals surface area (Å²) < 4.78 is 30.9. The van der Waals surface area contributed by atoms with Crippen LogP contribution in [0.15, 0.2) is 35.5 Å². The van der Waals surface area contributed by atoms with Gasteiger partial charge in [0.15, 0.2) is 5.03 Å². The monoisotopic (exact) mass is 358 g/mol. The fraction of sp³-hybridized carbons (Fsp3) is 0.250. The first-order valence-corrected chi connectivity index (χ1v) is 9.39. The largest absolute Gasteiger partial charge is 0.430 e. The molecule has 3 N–H and O–H groups in total. The van der Waals surface area contributed by atoms with Crippen molar-refractivity contribution in [3.8, 4) is 0 Å². The van der Waals surface area contributed by atoms with Crippen molar-refractivity contribution >= 4 is 34.4 Å². The lowest BCUT2D eigenvalue weighted by molar-refractivity contribution is 0.0952. The number of nitrogens with one attached hydrogen (secondary N) is 1. The normalized spacial score (nSPS) is 13.2. The van der Waals surface area contributed by atoms with Crippen LogP contribution < -0.4 is 16.5 Å². The van der Waals surface area contributed by atoms with Gasteiger partial charge in [-0.15, -0.1) is 0 Å². The SMILES string of the molecule is CCNC(=O)c1cc(N)cnc1S(=O)(=O)Cc1ccc2c(c1)[B]OC2. The Morgan fingerprint density at radius 2 is 2.20 bits per heavy atom. The Bertz CT molecular complexity index is 931. The maximum absolute atomic E-state index is 12.8. The summed E-state index contributed by atoms with van der Waals surface area (Å²) in [7, 11) is -2.22. The van der Waals surface area contributed by atoms with Gasteiger partial charge in [-0.05, 0) is 29.6 Å². The zero-order valence-corrected chi connectivity index (χ0v) is 14.5. The lowest BCUT2D eigenvalue weighted by Crippen LogP contribution is -2.26. The summed E-state index contributed by atoms with van der Waals surface area (Å²) in [4.78, 5) is 16.1. The number of nitrogens with two attached hydrogens (primary N) is 1. The van der Waals surface area contributed by atoms with Crippen molar-refractivity contribution < 1.29 is 17.9 Å².